The van der Waals surface area contributed by atoms with Crippen LogP contribution in [0.25, 0.3) is 0 Å². The van der Waals surface area contributed by atoms with Crippen LogP contribution < -0.4 is 10.6 Å². The number of hydrogen-bond acceptors (Lipinski definition) is 5. The van der Waals surface area contributed by atoms with Crippen molar-refractivity contribution in [2.75, 3.05) is 13.1 Å². The van der Waals surface area contributed by atoms with E-state index in [1.165, 1.54) is 12.1 Å². The first-order chi connectivity index (χ1) is 12.8. The molecule has 1 aromatic carbocycles. The molecular weight excluding hydrogens is 378 g/mol. The van der Waals surface area contributed by atoms with Gasteiger partial charge in [0, 0.05) is 12.6 Å². The van der Waals surface area contributed by atoms with Crippen molar-refractivity contribution in [3.63, 3.8) is 0 Å². The lowest BCUT2D eigenvalue weighted by atomic mass is 9.74. The summed E-state index contributed by atoms with van der Waals surface area (Å²) in [7, 11) is 0. The van der Waals surface area contributed by atoms with Crippen molar-refractivity contribution in [1.29, 1.82) is 0 Å². The molecule has 0 unspecified atom stereocenters. The lowest BCUT2D eigenvalue weighted by molar-refractivity contribution is -0.385. The second kappa shape index (κ2) is 8.81. The van der Waals surface area contributed by atoms with E-state index >= 15 is 0 Å². The van der Waals surface area contributed by atoms with Gasteiger partial charge in [-0.25, -0.2) is 0 Å². The Labute approximate surface area is 160 Å². The average Bonchev–Trinajstić information content (AvgIpc) is 2.64. The van der Waals surface area contributed by atoms with Gasteiger partial charge in [0.1, 0.15) is 5.56 Å². The minimum absolute atomic E-state index is 0.0245. The SMILES string of the molecule is O=C(CNC(=O)c1c(Cl)cccc1[N+](=O)[O-])NCC1(C(=O)O)CCCCC1. The van der Waals surface area contributed by atoms with Crippen LogP contribution in [0.5, 0.6) is 0 Å². The number of halogens is 1. The zero-order valence-corrected chi connectivity index (χ0v) is 15.3. The van der Waals surface area contributed by atoms with Crippen LogP contribution in [-0.4, -0.2) is 40.9 Å². The Hall–Kier alpha value is -2.68. The molecule has 0 spiro atoms. The minimum atomic E-state index is -0.987. The number of rotatable bonds is 7. The van der Waals surface area contributed by atoms with E-state index in [0.717, 1.165) is 25.3 Å². The summed E-state index contributed by atoms with van der Waals surface area (Å²) in [5.74, 6) is -2.38. The van der Waals surface area contributed by atoms with Crippen LogP contribution in [0.4, 0.5) is 5.69 Å². The second-order valence-electron chi connectivity index (χ2n) is 6.50. The molecule has 3 N–H and O–H groups in total. The summed E-state index contributed by atoms with van der Waals surface area (Å²) in [4.78, 5) is 46.1. The third-order valence-electron chi connectivity index (χ3n) is 4.71. The number of aliphatic carboxylic acids is 1. The lowest BCUT2D eigenvalue weighted by Gasteiger charge is -2.33. The van der Waals surface area contributed by atoms with Crippen molar-refractivity contribution in [3.05, 3.63) is 38.9 Å². The van der Waals surface area contributed by atoms with E-state index in [1.54, 1.807) is 0 Å². The van der Waals surface area contributed by atoms with Crippen LogP contribution in [0.3, 0.4) is 0 Å². The molecule has 1 aromatic rings. The Kier molecular flexibility index (Phi) is 6.73. The fourth-order valence-corrected chi connectivity index (χ4v) is 3.42. The van der Waals surface area contributed by atoms with Gasteiger partial charge in [0.25, 0.3) is 11.6 Å². The van der Waals surface area contributed by atoms with Crippen LogP contribution in [0.15, 0.2) is 18.2 Å². The Balaban J connectivity index is 1.95. The lowest BCUT2D eigenvalue weighted by Crippen LogP contribution is -2.46. The minimum Gasteiger partial charge on any atom is -0.481 e. The Bertz CT molecular complexity index is 761. The summed E-state index contributed by atoms with van der Waals surface area (Å²) in [5, 5.41) is 25.2. The number of carboxylic acids is 1. The fraction of sp³-hybridized carbons (Fsp3) is 0.471. The molecule has 146 valence electrons. The zero-order chi connectivity index (χ0) is 20.0. The van der Waals surface area contributed by atoms with Crippen molar-refractivity contribution >= 4 is 35.1 Å². The molecule has 27 heavy (non-hydrogen) atoms. The van der Waals surface area contributed by atoms with Crippen LogP contribution in [0.2, 0.25) is 5.02 Å². The molecular formula is C17H20ClN3O6. The number of carboxylic acid groups (broad SMARTS) is 1. The molecule has 9 nitrogen and oxygen atoms in total. The maximum atomic E-state index is 12.2. The van der Waals surface area contributed by atoms with Gasteiger partial charge in [0.05, 0.1) is 21.9 Å². The highest BCUT2D eigenvalue weighted by atomic mass is 35.5. The first-order valence-corrected chi connectivity index (χ1v) is 8.86. The normalized spacial score (nSPS) is 15.6. The number of amides is 2. The number of nitro benzene ring substituents is 1. The summed E-state index contributed by atoms with van der Waals surface area (Å²) < 4.78 is 0. The van der Waals surface area contributed by atoms with Gasteiger partial charge >= 0.3 is 5.97 Å². The van der Waals surface area contributed by atoms with Crippen LogP contribution in [0.1, 0.15) is 42.5 Å². The van der Waals surface area contributed by atoms with E-state index in [1.807, 2.05) is 0 Å². The molecule has 2 amide bonds. The molecule has 10 heteroatoms. The highest BCUT2D eigenvalue weighted by molar-refractivity contribution is 6.34. The molecule has 1 aliphatic carbocycles. The largest absolute Gasteiger partial charge is 0.481 e. The Morgan fingerprint density at radius 1 is 1.19 bits per heavy atom. The maximum absolute atomic E-state index is 12.2. The van der Waals surface area contributed by atoms with Crippen LogP contribution >= 0.6 is 11.6 Å². The van der Waals surface area contributed by atoms with E-state index in [-0.39, 0.29) is 17.1 Å². The molecule has 0 heterocycles. The third kappa shape index (κ3) is 4.94. The summed E-state index contributed by atoms with van der Waals surface area (Å²) in [6.07, 6.45) is 3.52. The van der Waals surface area contributed by atoms with Crippen LogP contribution in [0, 0.1) is 15.5 Å². The highest BCUT2D eigenvalue weighted by Gasteiger charge is 2.39. The van der Waals surface area contributed by atoms with Gasteiger partial charge < -0.3 is 15.7 Å². The number of carbonyl (C=O) groups excluding carboxylic acids is 2. The summed E-state index contributed by atoms with van der Waals surface area (Å²) in [6.45, 7) is -0.472. The predicted molar refractivity (Wildman–Crippen MR) is 96.6 cm³/mol. The van der Waals surface area contributed by atoms with Gasteiger partial charge in [-0.3, -0.25) is 24.5 Å². The second-order valence-corrected chi connectivity index (χ2v) is 6.90. The number of nitro groups is 1. The van der Waals surface area contributed by atoms with E-state index < -0.39 is 40.4 Å². The van der Waals surface area contributed by atoms with Gasteiger partial charge in [-0.15, -0.1) is 0 Å². The topological polar surface area (TPSA) is 139 Å². The number of nitrogens with zero attached hydrogens (tertiary/aromatic N) is 1. The molecule has 2 rings (SSSR count). The predicted octanol–water partition coefficient (Wildman–Crippen LogP) is 2.13. The average molecular weight is 398 g/mol. The molecule has 0 saturated heterocycles. The molecule has 0 aromatic heterocycles. The molecule has 0 atom stereocenters. The number of carbonyl (C=O) groups is 3. The van der Waals surface area contributed by atoms with E-state index in [9.17, 15) is 29.6 Å². The van der Waals surface area contributed by atoms with Gasteiger partial charge in [-0.05, 0) is 18.9 Å². The first kappa shape index (κ1) is 20.6. The van der Waals surface area contributed by atoms with E-state index in [0.29, 0.717) is 12.8 Å². The van der Waals surface area contributed by atoms with Gasteiger partial charge in [-0.1, -0.05) is 36.9 Å². The number of nitrogens with one attached hydrogen (secondary N) is 2. The van der Waals surface area contributed by atoms with Crippen LogP contribution in [-0.2, 0) is 9.59 Å². The monoisotopic (exact) mass is 397 g/mol. The third-order valence-corrected chi connectivity index (χ3v) is 5.03. The molecule has 0 aliphatic heterocycles. The number of benzene rings is 1. The van der Waals surface area contributed by atoms with Gasteiger partial charge in [0.2, 0.25) is 5.91 Å². The summed E-state index contributed by atoms with van der Waals surface area (Å²) in [5.41, 5.74) is -1.78. The van der Waals surface area contributed by atoms with E-state index in [4.69, 9.17) is 11.6 Å². The van der Waals surface area contributed by atoms with Crippen molar-refractivity contribution in [3.8, 4) is 0 Å². The van der Waals surface area contributed by atoms with Crippen molar-refractivity contribution in [2.45, 2.75) is 32.1 Å². The molecule has 1 fully saturated rings. The standard InChI is InChI=1S/C17H20ClN3O6/c18-11-5-4-6-12(21(26)27)14(11)15(23)19-9-13(22)20-10-17(16(24)25)7-2-1-3-8-17/h4-6H,1-3,7-10H2,(H,19,23)(H,20,22)(H,24,25). The van der Waals surface area contributed by atoms with E-state index in [2.05, 4.69) is 10.6 Å². The first-order valence-electron chi connectivity index (χ1n) is 8.48. The van der Waals surface area contributed by atoms with Crippen molar-refractivity contribution in [1.82, 2.24) is 10.6 Å². The van der Waals surface area contributed by atoms with Crippen molar-refractivity contribution < 1.29 is 24.4 Å². The Morgan fingerprint density at radius 2 is 1.85 bits per heavy atom. The molecule has 0 bridgehead atoms. The van der Waals surface area contributed by atoms with Gasteiger partial charge in [0.15, 0.2) is 0 Å². The summed E-state index contributed by atoms with van der Waals surface area (Å²) in [6, 6.07) is 3.82. The zero-order valence-electron chi connectivity index (χ0n) is 14.5. The molecule has 1 saturated carbocycles. The molecule has 1 aliphatic rings. The van der Waals surface area contributed by atoms with Gasteiger partial charge in [-0.2, -0.15) is 0 Å². The molecule has 0 radical (unpaired) electrons. The fourth-order valence-electron chi connectivity index (χ4n) is 3.16. The smallest absolute Gasteiger partial charge is 0.311 e. The number of hydrogen-bond donors (Lipinski definition) is 3. The van der Waals surface area contributed by atoms with Crippen molar-refractivity contribution in [2.24, 2.45) is 5.41 Å². The highest BCUT2D eigenvalue weighted by Crippen LogP contribution is 2.36. The summed E-state index contributed by atoms with van der Waals surface area (Å²) >= 11 is 5.87. The maximum Gasteiger partial charge on any atom is 0.311 e. The Morgan fingerprint density at radius 3 is 2.44 bits per heavy atom. The quantitative estimate of drug-likeness (QED) is 0.475.